The van der Waals surface area contributed by atoms with E-state index in [1.54, 1.807) is 0 Å². The molecule has 1 saturated heterocycles. The summed E-state index contributed by atoms with van der Waals surface area (Å²) in [5, 5.41) is 0. The Bertz CT molecular complexity index is 631. The van der Waals surface area contributed by atoms with Gasteiger partial charge in [-0.2, -0.15) is 0 Å². The largest absolute Gasteiger partial charge is 0.486 e. The minimum absolute atomic E-state index is 0.0595. The number of hydrogen-bond acceptors (Lipinski definition) is 4. The maximum Gasteiger partial charge on any atom is 0.170 e. The van der Waals surface area contributed by atoms with Crippen molar-refractivity contribution in [3.05, 3.63) is 29.3 Å². The lowest BCUT2D eigenvalue weighted by Crippen LogP contribution is -2.48. The van der Waals surface area contributed by atoms with Crippen molar-refractivity contribution in [2.45, 2.75) is 31.8 Å². The smallest absolute Gasteiger partial charge is 0.170 e. The summed E-state index contributed by atoms with van der Waals surface area (Å²) in [5.74, 6) is 0.883. The summed E-state index contributed by atoms with van der Waals surface area (Å²) in [6.45, 7) is 1.94. The summed E-state index contributed by atoms with van der Waals surface area (Å²) >= 11 is 0. The van der Waals surface area contributed by atoms with Gasteiger partial charge in [0.1, 0.15) is 11.4 Å². The van der Waals surface area contributed by atoms with Gasteiger partial charge in [0.15, 0.2) is 15.6 Å². The Morgan fingerprint density at radius 3 is 2.58 bits per heavy atom. The van der Waals surface area contributed by atoms with E-state index in [2.05, 4.69) is 0 Å². The molecule has 0 amide bonds. The SMILES string of the molecule is Cc1ccc2c(c1)C(=O)CC1(CCS(=O)(=O)CC1)O2. The van der Waals surface area contributed by atoms with Gasteiger partial charge in [-0.25, -0.2) is 8.42 Å². The molecule has 0 unspecified atom stereocenters. The molecule has 0 bridgehead atoms. The lowest BCUT2D eigenvalue weighted by atomic mass is 9.85. The minimum Gasteiger partial charge on any atom is -0.486 e. The molecule has 1 aromatic rings. The monoisotopic (exact) mass is 280 g/mol. The molecule has 0 N–H and O–H groups in total. The van der Waals surface area contributed by atoms with Crippen molar-refractivity contribution in [3.63, 3.8) is 0 Å². The summed E-state index contributed by atoms with van der Waals surface area (Å²) in [5.41, 5.74) is 1.04. The number of hydrogen-bond donors (Lipinski definition) is 0. The number of carbonyl (C=O) groups is 1. The number of fused-ring (bicyclic) bond motifs is 1. The topological polar surface area (TPSA) is 60.4 Å². The quantitative estimate of drug-likeness (QED) is 0.728. The van der Waals surface area contributed by atoms with Crippen molar-refractivity contribution in [2.24, 2.45) is 0 Å². The first-order valence-electron chi connectivity index (χ1n) is 6.43. The number of ketones is 1. The molecule has 2 aliphatic heterocycles. The van der Waals surface area contributed by atoms with Crippen LogP contribution >= 0.6 is 0 Å². The molecule has 0 aliphatic carbocycles. The Balaban J connectivity index is 1.93. The summed E-state index contributed by atoms with van der Waals surface area (Å²) < 4.78 is 29.0. The third-order valence-electron chi connectivity index (χ3n) is 3.98. The van der Waals surface area contributed by atoms with E-state index >= 15 is 0 Å². The van der Waals surface area contributed by atoms with E-state index in [4.69, 9.17) is 4.74 Å². The van der Waals surface area contributed by atoms with E-state index in [0.29, 0.717) is 30.6 Å². The summed E-state index contributed by atoms with van der Waals surface area (Å²) in [7, 11) is -2.95. The molecule has 1 fully saturated rings. The lowest BCUT2D eigenvalue weighted by Gasteiger charge is -2.40. The molecule has 102 valence electrons. The van der Waals surface area contributed by atoms with Gasteiger partial charge in [0.2, 0.25) is 0 Å². The fourth-order valence-electron chi connectivity index (χ4n) is 2.80. The fourth-order valence-corrected chi connectivity index (χ4v) is 4.37. The Kier molecular flexibility index (Phi) is 2.71. The van der Waals surface area contributed by atoms with Gasteiger partial charge in [0.25, 0.3) is 0 Å². The van der Waals surface area contributed by atoms with Crippen molar-refractivity contribution in [3.8, 4) is 5.75 Å². The van der Waals surface area contributed by atoms with Crippen LogP contribution in [0.1, 0.15) is 35.2 Å². The second-order valence-corrected chi connectivity index (χ2v) is 7.84. The molecule has 2 heterocycles. The van der Waals surface area contributed by atoms with Gasteiger partial charge in [0.05, 0.1) is 23.5 Å². The van der Waals surface area contributed by atoms with Crippen molar-refractivity contribution >= 4 is 15.6 Å². The van der Waals surface area contributed by atoms with Crippen LogP contribution in [0.4, 0.5) is 0 Å². The molecule has 4 nitrogen and oxygen atoms in total. The first kappa shape index (κ1) is 12.7. The molecule has 3 rings (SSSR count). The summed E-state index contributed by atoms with van der Waals surface area (Å²) in [6, 6.07) is 5.56. The highest BCUT2D eigenvalue weighted by molar-refractivity contribution is 7.91. The number of ether oxygens (including phenoxy) is 1. The van der Waals surface area contributed by atoms with Crippen molar-refractivity contribution in [1.82, 2.24) is 0 Å². The molecule has 0 aromatic heterocycles. The first-order chi connectivity index (χ1) is 8.89. The van der Waals surface area contributed by atoms with Gasteiger partial charge < -0.3 is 4.74 Å². The molecular formula is C14H16O4S. The number of benzene rings is 1. The van der Waals surface area contributed by atoms with Crippen LogP contribution in [0.3, 0.4) is 0 Å². The van der Waals surface area contributed by atoms with Gasteiger partial charge in [0, 0.05) is 12.8 Å². The number of rotatable bonds is 0. The summed E-state index contributed by atoms with van der Waals surface area (Å²) in [4.78, 5) is 12.2. The molecule has 19 heavy (non-hydrogen) atoms. The molecule has 0 saturated carbocycles. The number of aryl methyl sites for hydroxylation is 1. The van der Waals surface area contributed by atoms with E-state index in [1.807, 2.05) is 25.1 Å². The van der Waals surface area contributed by atoms with E-state index in [9.17, 15) is 13.2 Å². The van der Waals surface area contributed by atoms with E-state index < -0.39 is 15.4 Å². The van der Waals surface area contributed by atoms with Crippen LogP contribution in [0.2, 0.25) is 0 Å². The van der Waals surface area contributed by atoms with Gasteiger partial charge in [-0.3, -0.25) is 4.79 Å². The van der Waals surface area contributed by atoms with Crippen LogP contribution in [0.15, 0.2) is 18.2 Å². The Morgan fingerprint density at radius 2 is 1.89 bits per heavy atom. The van der Waals surface area contributed by atoms with Gasteiger partial charge in [-0.05, 0) is 19.1 Å². The third kappa shape index (κ3) is 2.27. The lowest BCUT2D eigenvalue weighted by molar-refractivity contribution is 0.0335. The average molecular weight is 280 g/mol. The minimum atomic E-state index is -2.95. The van der Waals surface area contributed by atoms with E-state index in [-0.39, 0.29) is 17.3 Å². The maximum absolute atomic E-state index is 12.2. The van der Waals surface area contributed by atoms with Crippen LogP contribution in [0.25, 0.3) is 0 Å². The van der Waals surface area contributed by atoms with Gasteiger partial charge >= 0.3 is 0 Å². The predicted molar refractivity (Wildman–Crippen MR) is 71.4 cm³/mol. The molecule has 1 aromatic carbocycles. The highest BCUT2D eigenvalue weighted by Crippen LogP contribution is 2.40. The molecule has 2 aliphatic rings. The molecule has 0 radical (unpaired) electrons. The Labute approximate surface area is 112 Å². The zero-order chi connectivity index (χ0) is 13.7. The second kappa shape index (κ2) is 4.07. The number of sulfone groups is 1. The second-order valence-electron chi connectivity index (χ2n) is 5.54. The highest BCUT2D eigenvalue weighted by Gasteiger charge is 2.44. The van der Waals surface area contributed by atoms with Crippen LogP contribution < -0.4 is 4.74 Å². The van der Waals surface area contributed by atoms with Crippen molar-refractivity contribution in [1.29, 1.82) is 0 Å². The van der Waals surface area contributed by atoms with E-state index in [0.717, 1.165) is 5.56 Å². The predicted octanol–water partition coefficient (Wildman–Crippen LogP) is 1.91. The normalized spacial score (nSPS) is 23.7. The number of Topliss-reactive ketones (excluding diaryl/α,β-unsaturated/α-hetero) is 1. The zero-order valence-electron chi connectivity index (χ0n) is 10.8. The molecule has 0 atom stereocenters. The summed E-state index contributed by atoms with van der Waals surface area (Å²) in [6.07, 6.45) is 1.11. The maximum atomic E-state index is 12.2. The van der Waals surface area contributed by atoms with Crippen LogP contribution in [0.5, 0.6) is 5.75 Å². The van der Waals surface area contributed by atoms with Gasteiger partial charge in [-0.15, -0.1) is 0 Å². The highest BCUT2D eigenvalue weighted by atomic mass is 32.2. The van der Waals surface area contributed by atoms with Crippen LogP contribution in [0, 0.1) is 6.92 Å². The van der Waals surface area contributed by atoms with E-state index in [1.165, 1.54) is 0 Å². The zero-order valence-corrected chi connectivity index (χ0v) is 11.6. The molecular weight excluding hydrogens is 264 g/mol. The molecule has 5 heteroatoms. The van der Waals surface area contributed by atoms with Crippen LogP contribution in [-0.4, -0.2) is 31.3 Å². The first-order valence-corrected chi connectivity index (χ1v) is 8.25. The van der Waals surface area contributed by atoms with Gasteiger partial charge in [-0.1, -0.05) is 11.6 Å². The average Bonchev–Trinajstić information content (AvgIpc) is 2.35. The van der Waals surface area contributed by atoms with Crippen molar-refractivity contribution in [2.75, 3.05) is 11.5 Å². The molecule has 1 spiro atoms. The standard InChI is InChI=1S/C14H16O4S/c1-10-2-3-13-11(8-10)12(15)9-14(18-13)4-6-19(16,17)7-5-14/h2-3,8H,4-7,9H2,1H3. The fraction of sp³-hybridized carbons (Fsp3) is 0.500. The number of carbonyl (C=O) groups excluding carboxylic acids is 1. The van der Waals surface area contributed by atoms with Crippen LogP contribution in [-0.2, 0) is 9.84 Å². The Morgan fingerprint density at radius 1 is 1.21 bits per heavy atom. The van der Waals surface area contributed by atoms with Crippen molar-refractivity contribution < 1.29 is 17.9 Å². The third-order valence-corrected chi connectivity index (χ3v) is 5.63. The Hall–Kier alpha value is -1.36.